The highest BCUT2D eigenvalue weighted by Crippen LogP contribution is 2.31. The van der Waals surface area contributed by atoms with E-state index >= 15 is 0 Å². The molecule has 8 nitrogen and oxygen atoms in total. The summed E-state index contributed by atoms with van der Waals surface area (Å²) in [5.41, 5.74) is 1.11. The van der Waals surface area contributed by atoms with Gasteiger partial charge < -0.3 is 24.3 Å². The fourth-order valence-electron chi connectivity index (χ4n) is 3.79. The monoisotopic (exact) mass is 501 g/mol. The number of esters is 1. The van der Waals surface area contributed by atoms with Gasteiger partial charge >= 0.3 is 12.1 Å². The number of hydrogen-bond acceptors (Lipinski definition) is 7. The maximum Gasteiger partial charge on any atom is 0.408 e. The standard InChI is InChI=1S/C29H27NO7/c1-3-18(2)27(30-29(34)35-17-19-10-6-4-7-11-19)28(33)36-21-14-22(31)26-23(32)16-24(37-25(26)15-21)20-12-8-5-9-13-20/h4-16,18,27,31H,3,17H2,1-2H3,(H,30,34). The summed E-state index contributed by atoms with van der Waals surface area (Å²) in [5.74, 6) is -1.12. The van der Waals surface area contributed by atoms with E-state index in [1.165, 1.54) is 18.2 Å². The largest absolute Gasteiger partial charge is 0.507 e. The number of amides is 1. The lowest BCUT2D eigenvalue weighted by molar-refractivity contribution is -0.138. The number of carbonyl (C=O) groups excluding carboxylic acids is 2. The van der Waals surface area contributed by atoms with E-state index in [-0.39, 0.29) is 35.0 Å². The smallest absolute Gasteiger partial charge is 0.408 e. The minimum Gasteiger partial charge on any atom is -0.507 e. The molecule has 0 saturated heterocycles. The topological polar surface area (TPSA) is 115 Å². The van der Waals surface area contributed by atoms with Crippen LogP contribution in [0.3, 0.4) is 0 Å². The molecule has 8 heteroatoms. The number of aromatic hydroxyl groups is 1. The van der Waals surface area contributed by atoms with Crippen LogP contribution in [0.25, 0.3) is 22.3 Å². The van der Waals surface area contributed by atoms with Crippen LogP contribution in [0, 0.1) is 5.92 Å². The summed E-state index contributed by atoms with van der Waals surface area (Å²) in [7, 11) is 0. The predicted octanol–water partition coefficient (Wildman–Crippen LogP) is 5.41. The van der Waals surface area contributed by atoms with Crippen molar-refractivity contribution in [3.8, 4) is 22.8 Å². The van der Waals surface area contributed by atoms with Crippen LogP contribution in [0.4, 0.5) is 4.79 Å². The highest BCUT2D eigenvalue weighted by atomic mass is 16.6. The molecule has 1 heterocycles. The number of benzene rings is 3. The van der Waals surface area contributed by atoms with Gasteiger partial charge in [0, 0.05) is 23.8 Å². The first kappa shape index (κ1) is 25.5. The van der Waals surface area contributed by atoms with Crippen molar-refractivity contribution in [1.29, 1.82) is 0 Å². The molecule has 1 amide bonds. The number of rotatable bonds is 8. The third kappa shape index (κ3) is 6.16. The summed E-state index contributed by atoms with van der Waals surface area (Å²) in [4.78, 5) is 38.1. The zero-order valence-corrected chi connectivity index (χ0v) is 20.5. The summed E-state index contributed by atoms with van der Waals surface area (Å²) < 4.78 is 16.6. The number of phenols is 1. The van der Waals surface area contributed by atoms with Crippen LogP contribution in [0.15, 0.2) is 88.1 Å². The van der Waals surface area contributed by atoms with E-state index in [1.54, 1.807) is 19.1 Å². The van der Waals surface area contributed by atoms with E-state index in [0.717, 1.165) is 5.56 Å². The Morgan fingerprint density at radius 2 is 1.68 bits per heavy atom. The fourth-order valence-corrected chi connectivity index (χ4v) is 3.79. The zero-order valence-electron chi connectivity index (χ0n) is 20.5. The molecular weight excluding hydrogens is 474 g/mol. The first-order valence-corrected chi connectivity index (χ1v) is 11.9. The highest BCUT2D eigenvalue weighted by Gasteiger charge is 2.29. The Morgan fingerprint density at radius 3 is 2.35 bits per heavy atom. The quantitative estimate of drug-likeness (QED) is 0.245. The third-order valence-corrected chi connectivity index (χ3v) is 6.01. The molecule has 0 spiro atoms. The minimum absolute atomic E-state index is 0.0272. The molecule has 37 heavy (non-hydrogen) atoms. The lowest BCUT2D eigenvalue weighted by atomic mass is 9.99. The van der Waals surface area contributed by atoms with Crippen LogP contribution in [-0.4, -0.2) is 23.2 Å². The fraction of sp³-hybridized carbons (Fsp3) is 0.207. The first-order valence-electron chi connectivity index (χ1n) is 11.9. The Labute approximate surface area is 213 Å². The number of fused-ring (bicyclic) bond motifs is 1. The molecule has 3 aromatic carbocycles. The summed E-state index contributed by atoms with van der Waals surface area (Å²) in [6, 6.07) is 21.0. The Hall–Kier alpha value is -4.59. The molecule has 0 saturated carbocycles. The van der Waals surface area contributed by atoms with Crippen LogP contribution in [-0.2, 0) is 16.1 Å². The lowest BCUT2D eigenvalue weighted by Gasteiger charge is -2.22. The third-order valence-electron chi connectivity index (χ3n) is 6.01. The van der Waals surface area contributed by atoms with Gasteiger partial charge in [0.05, 0.1) is 0 Å². The minimum atomic E-state index is -1.01. The lowest BCUT2D eigenvalue weighted by Crippen LogP contribution is -2.47. The van der Waals surface area contributed by atoms with Gasteiger partial charge in [0.2, 0.25) is 0 Å². The van der Waals surface area contributed by atoms with Crippen molar-refractivity contribution in [2.24, 2.45) is 5.92 Å². The molecule has 1 aromatic heterocycles. The first-order chi connectivity index (χ1) is 17.9. The number of carbonyl (C=O) groups is 2. The predicted molar refractivity (Wildman–Crippen MR) is 138 cm³/mol. The molecule has 0 aliphatic heterocycles. The Bertz CT molecular complexity index is 1450. The van der Waals surface area contributed by atoms with Crippen LogP contribution in [0.5, 0.6) is 11.5 Å². The molecule has 2 atom stereocenters. The molecule has 2 N–H and O–H groups in total. The van der Waals surface area contributed by atoms with Crippen molar-refractivity contribution in [1.82, 2.24) is 5.32 Å². The van der Waals surface area contributed by atoms with Gasteiger partial charge in [-0.05, 0) is 11.5 Å². The SMILES string of the molecule is CCC(C)C(NC(=O)OCc1ccccc1)C(=O)Oc1cc(O)c2c(=O)cc(-c3ccccc3)oc2c1. The Kier molecular flexibility index (Phi) is 7.88. The Balaban J connectivity index is 1.54. The number of phenolic OH excluding ortho intramolecular Hbond substituents is 1. The number of hydrogen-bond donors (Lipinski definition) is 2. The van der Waals surface area contributed by atoms with Crippen LogP contribution >= 0.6 is 0 Å². The van der Waals surface area contributed by atoms with E-state index in [4.69, 9.17) is 13.9 Å². The van der Waals surface area contributed by atoms with Crippen LogP contribution in [0.1, 0.15) is 25.8 Å². The van der Waals surface area contributed by atoms with Gasteiger partial charge in [-0.15, -0.1) is 0 Å². The zero-order chi connectivity index (χ0) is 26.4. The molecule has 0 bridgehead atoms. The van der Waals surface area contributed by atoms with Gasteiger partial charge in [0.25, 0.3) is 0 Å². The Morgan fingerprint density at radius 1 is 1.00 bits per heavy atom. The summed E-state index contributed by atoms with van der Waals surface area (Å²) in [5, 5.41) is 13.0. The number of ether oxygens (including phenoxy) is 2. The molecular formula is C29H27NO7. The maximum atomic E-state index is 13.1. The second-order valence-electron chi connectivity index (χ2n) is 8.65. The van der Waals surface area contributed by atoms with Crippen LogP contribution in [0.2, 0.25) is 0 Å². The normalized spacial score (nSPS) is 12.5. The van der Waals surface area contributed by atoms with E-state index < -0.39 is 23.5 Å². The van der Waals surface area contributed by atoms with E-state index in [2.05, 4.69) is 5.32 Å². The van der Waals surface area contributed by atoms with Gasteiger partial charge in [-0.3, -0.25) is 4.79 Å². The second kappa shape index (κ2) is 11.4. The average molecular weight is 502 g/mol. The van der Waals surface area contributed by atoms with Crippen molar-refractivity contribution in [2.45, 2.75) is 32.9 Å². The van der Waals surface area contributed by atoms with Gasteiger partial charge in [-0.1, -0.05) is 80.9 Å². The van der Waals surface area contributed by atoms with Crippen molar-refractivity contribution >= 4 is 23.0 Å². The summed E-state index contributed by atoms with van der Waals surface area (Å²) in [6.07, 6.45) is -0.178. The molecule has 0 radical (unpaired) electrons. The van der Waals surface area contributed by atoms with Crippen molar-refractivity contribution in [3.05, 3.63) is 94.6 Å². The highest BCUT2D eigenvalue weighted by molar-refractivity contribution is 5.88. The van der Waals surface area contributed by atoms with Crippen molar-refractivity contribution in [2.75, 3.05) is 0 Å². The summed E-state index contributed by atoms with van der Waals surface area (Å²) >= 11 is 0. The molecule has 4 rings (SSSR count). The average Bonchev–Trinajstić information content (AvgIpc) is 2.90. The maximum absolute atomic E-state index is 13.1. The molecule has 190 valence electrons. The van der Waals surface area contributed by atoms with Gasteiger partial charge in [-0.2, -0.15) is 0 Å². The number of alkyl carbamates (subject to hydrolysis) is 1. The van der Waals surface area contributed by atoms with Crippen molar-refractivity contribution < 1.29 is 28.6 Å². The number of nitrogens with one attached hydrogen (secondary N) is 1. The second-order valence-corrected chi connectivity index (χ2v) is 8.65. The molecule has 0 aliphatic rings. The van der Waals surface area contributed by atoms with E-state index in [0.29, 0.717) is 17.7 Å². The molecule has 2 unspecified atom stereocenters. The van der Waals surface area contributed by atoms with Crippen LogP contribution < -0.4 is 15.5 Å². The molecule has 0 aliphatic carbocycles. The van der Waals surface area contributed by atoms with Gasteiger partial charge in [-0.25, -0.2) is 9.59 Å². The molecule has 4 aromatic rings. The van der Waals surface area contributed by atoms with E-state index in [1.807, 2.05) is 55.5 Å². The van der Waals surface area contributed by atoms with Crippen molar-refractivity contribution in [3.63, 3.8) is 0 Å². The molecule has 0 fully saturated rings. The summed E-state index contributed by atoms with van der Waals surface area (Å²) in [6.45, 7) is 3.73. The van der Waals surface area contributed by atoms with Gasteiger partial charge in [0.1, 0.15) is 40.9 Å². The van der Waals surface area contributed by atoms with E-state index in [9.17, 15) is 19.5 Å². The van der Waals surface area contributed by atoms with Gasteiger partial charge in [0.15, 0.2) is 5.43 Å².